The maximum Gasteiger partial charge on any atom is 0.127 e. The molecule has 0 rings (SSSR count). The van der Waals surface area contributed by atoms with E-state index in [1.807, 2.05) is 12.5 Å². The van der Waals surface area contributed by atoms with Gasteiger partial charge in [0.2, 0.25) is 0 Å². The van der Waals surface area contributed by atoms with E-state index in [0.29, 0.717) is 0 Å². The molecule has 14 heavy (non-hydrogen) atoms. The molecule has 0 bridgehead atoms. The van der Waals surface area contributed by atoms with Crippen LogP contribution in [0.4, 0.5) is 0 Å². The highest BCUT2D eigenvalue weighted by atomic mass is 32.3. The van der Waals surface area contributed by atoms with Crippen molar-refractivity contribution in [3.63, 3.8) is 0 Å². The molecule has 0 aliphatic rings. The van der Waals surface area contributed by atoms with E-state index < -0.39 is 10.8 Å². The summed E-state index contributed by atoms with van der Waals surface area (Å²) < 4.78 is 12.6. The minimum absolute atomic E-state index is 0.233. The molecule has 0 aromatic heterocycles. The van der Waals surface area contributed by atoms with Crippen molar-refractivity contribution >= 4 is 57.8 Å². The van der Waals surface area contributed by atoms with Gasteiger partial charge >= 0.3 is 0 Å². The van der Waals surface area contributed by atoms with E-state index in [0.717, 1.165) is 11.5 Å². The van der Waals surface area contributed by atoms with E-state index in [-0.39, 0.29) is 7.83 Å². The van der Waals surface area contributed by atoms with Gasteiger partial charge in [-0.1, -0.05) is 13.8 Å². The highest BCUT2D eigenvalue weighted by Crippen LogP contribution is 2.34. The molecule has 0 heterocycles. The van der Waals surface area contributed by atoms with Crippen LogP contribution in [-0.4, -0.2) is 36.1 Å². The lowest BCUT2D eigenvalue weighted by Crippen LogP contribution is -2.16. The first kappa shape index (κ1) is 15.6. The van der Waals surface area contributed by atoms with E-state index in [4.69, 9.17) is 0 Å². The molecule has 6 heteroatoms. The Morgan fingerprint density at radius 2 is 1.36 bits per heavy atom. The summed E-state index contributed by atoms with van der Waals surface area (Å²) in [5.41, 5.74) is 0. The van der Waals surface area contributed by atoms with Crippen LogP contribution in [0.3, 0.4) is 0 Å². The monoisotopic (exact) mass is 290 g/mol. The lowest BCUT2D eigenvalue weighted by molar-refractivity contribution is 0.687. The van der Waals surface area contributed by atoms with Crippen LogP contribution in [-0.2, 0) is 10.8 Å². The predicted molar refractivity (Wildman–Crippen MR) is 79.0 cm³/mol. The highest BCUT2D eigenvalue weighted by Gasteiger charge is 2.23. The van der Waals surface area contributed by atoms with Gasteiger partial charge in [-0.15, -0.1) is 47.0 Å². The maximum atomic E-state index is 12.1. The van der Waals surface area contributed by atoms with Crippen molar-refractivity contribution in [3.8, 4) is 0 Å². The quantitative estimate of drug-likeness (QED) is 0.634. The molecule has 0 saturated carbocycles. The van der Waals surface area contributed by atoms with E-state index in [2.05, 4.69) is 13.8 Å². The Hall–Kier alpha value is 1.55. The van der Waals surface area contributed by atoms with Gasteiger partial charge in [0.05, 0.1) is 10.8 Å². The summed E-state index contributed by atoms with van der Waals surface area (Å²) in [6, 6.07) is 0. The zero-order valence-corrected chi connectivity index (χ0v) is 13.1. The third kappa shape index (κ3) is 5.58. The molecule has 0 amide bonds. The van der Waals surface area contributed by atoms with Gasteiger partial charge in [0.25, 0.3) is 0 Å². The number of thioether (sulfide) groups is 4. The van der Waals surface area contributed by atoms with Crippen molar-refractivity contribution in [2.24, 2.45) is 0 Å². The second-order valence-corrected chi connectivity index (χ2v) is 10.3. The van der Waals surface area contributed by atoms with Crippen molar-refractivity contribution in [2.45, 2.75) is 21.7 Å². The second-order valence-electron chi connectivity index (χ2n) is 2.29. The largest absolute Gasteiger partial charge is 0.256 e. The molecule has 0 radical (unpaired) electrons. The number of hydrogen-bond donors (Lipinski definition) is 0. The van der Waals surface area contributed by atoms with Crippen molar-refractivity contribution in [3.05, 3.63) is 0 Å². The van der Waals surface area contributed by atoms with Crippen LogP contribution in [0.1, 0.15) is 13.8 Å². The summed E-state index contributed by atoms with van der Waals surface area (Å²) in [7, 11) is -0.744. The predicted octanol–water partition coefficient (Wildman–Crippen LogP) is 3.53. The van der Waals surface area contributed by atoms with Crippen LogP contribution in [0, 0.1) is 0 Å². The van der Waals surface area contributed by atoms with Crippen molar-refractivity contribution < 1.29 is 4.21 Å². The minimum Gasteiger partial charge on any atom is -0.256 e. The molecule has 0 spiro atoms. The SMILES string of the molecule is CCSC(SC)S(=O)C(SC)SCC. The Morgan fingerprint density at radius 1 is 1.00 bits per heavy atom. The van der Waals surface area contributed by atoms with Gasteiger partial charge in [-0.3, -0.25) is 4.21 Å². The fourth-order valence-electron chi connectivity index (χ4n) is 0.823. The maximum absolute atomic E-state index is 12.1. The normalized spacial score (nSPS) is 17.7. The van der Waals surface area contributed by atoms with Crippen molar-refractivity contribution in [1.82, 2.24) is 0 Å². The van der Waals surface area contributed by atoms with Gasteiger partial charge in [-0.25, -0.2) is 0 Å². The zero-order valence-electron chi connectivity index (χ0n) is 9.02. The van der Waals surface area contributed by atoms with Gasteiger partial charge in [0.1, 0.15) is 7.83 Å². The van der Waals surface area contributed by atoms with Crippen LogP contribution >= 0.6 is 47.0 Å². The molecule has 2 atom stereocenters. The molecular weight excluding hydrogens is 272 g/mol. The van der Waals surface area contributed by atoms with Crippen molar-refractivity contribution in [2.75, 3.05) is 24.0 Å². The average molecular weight is 291 g/mol. The van der Waals surface area contributed by atoms with E-state index >= 15 is 0 Å². The number of rotatable bonds is 8. The molecule has 86 valence electrons. The van der Waals surface area contributed by atoms with Crippen LogP contribution in [0.15, 0.2) is 0 Å². The molecule has 0 aliphatic heterocycles. The summed E-state index contributed by atoms with van der Waals surface area (Å²) >= 11 is 7.00. The van der Waals surface area contributed by atoms with Crippen LogP contribution < -0.4 is 0 Å². The summed E-state index contributed by atoms with van der Waals surface area (Å²) in [6.07, 6.45) is 4.08. The van der Waals surface area contributed by atoms with Gasteiger partial charge in [-0.2, -0.15) is 0 Å². The first-order valence-corrected chi connectivity index (χ1v) is 10.3. The van der Waals surface area contributed by atoms with Crippen LogP contribution in [0.25, 0.3) is 0 Å². The van der Waals surface area contributed by atoms with Crippen LogP contribution in [0.5, 0.6) is 0 Å². The van der Waals surface area contributed by atoms with E-state index in [1.165, 1.54) is 0 Å². The topological polar surface area (TPSA) is 17.1 Å². The summed E-state index contributed by atoms with van der Waals surface area (Å²) in [4.78, 5) is 0. The Balaban J connectivity index is 4.21. The minimum atomic E-state index is -0.744. The first-order chi connectivity index (χ1) is 6.71. The molecule has 2 unspecified atom stereocenters. The first-order valence-electron chi connectivity index (χ1n) is 4.39. The molecule has 0 aliphatic carbocycles. The third-order valence-electron chi connectivity index (χ3n) is 1.37. The van der Waals surface area contributed by atoms with Crippen molar-refractivity contribution in [1.29, 1.82) is 0 Å². The summed E-state index contributed by atoms with van der Waals surface area (Å²) in [6.45, 7) is 4.23. The Bertz CT molecular complexity index is 148. The third-order valence-corrected chi connectivity index (χ3v) is 10.3. The molecule has 0 fully saturated rings. The van der Waals surface area contributed by atoms with Gasteiger partial charge in [0.15, 0.2) is 0 Å². The molecular formula is C8H18OS5. The Kier molecular flexibility index (Phi) is 10.8. The second kappa shape index (κ2) is 9.75. The van der Waals surface area contributed by atoms with Crippen LogP contribution in [0.2, 0.25) is 0 Å². The molecule has 0 aromatic carbocycles. The summed E-state index contributed by atoms with van der Waals surface area (Å²) in [5.74, 6) is 2.07. The lowest BCUT2D eigenvalue weighted by Gasteiger charge is -2.19. The molecule has 1 nitrogen and oxygen atoms in total. The fourth-order valence-corrected chi connectivity index (χ4v) is 9.04. The van der Waals surface area contributed by atoms with Gasteiger partial charge < -0.3 is 0 Å². The standard InChI is InChI=1S/C8H18OS5/c1-5-12-7(10-3)14(9)8(11-4)13-6-2/h7-8H,5-6H2,1-4H3. The van der Waals surface area contributed by atoms with E-state index in [9.17, 15) is 4.21 Å². The van der Waals surface area contributed by atoms with E-state index in [1.54, 1.807) is 47.0 Å². The Labute approximate surface area is 107 Å². The molecule has 0 saturated heterocycles. The highest BCUT2D eigenvalue weighted by molar-refractivity contribution is 8.36. The smallest absolute Gasteiger partial charge is 0.127 e. The van der Waals surface area contributed by atoms with Gasteiger partial charge in [-0.05, 0) is 24.0 Å². The lowest BCUT2D eigenvalue weighted by atomic mass is 11.0. The zero-order chi connectivity index (χ0) is 11.0. The summed E-state index contributed by atoms with van der Waals surface area (Å²) in [5, 5.41) is 0. The molecule has 0 aromatic rings. The average Bonchev–Trinajstić information content (AvgIpc) is 2.21. The Morgan fingerprint density at radius 3 is 1.57 bits per heavy atom. The fraction of sp³-hybridized carbons (Fsp3) is 1.00. The molecule has 0 N–H and O–H groups in total. The van der Waals surface area contributed by atoms with Gasteiger partial charge in [0, 0.05) is 0 Å². The number of hydrogen-bond acceptors (Lipinski definition) is 5.